The molecule has 5 heteroatoms. The summed E-state index contributed by atoms with van der Waals surface area (Å²) in [5, 5.41) is 5.85. The van der Waals surface area contributed by atoms with Gasteiger partial charge in [0.15, 0.2) is 0 Å². The molecule has 132 valence electrons. The van der Waals surface area contributed by atoms with Crippen molar-refractivity contribution in [2.45, 2.75) is 24.8 Å². The quantitative estimate of drug-likeness (QED) is 0.875. The lowest BCUT2D eigenvalue weighted by Gasteiger charge is -2.38. The first-order chi connectivity index (χ1) is 12.2. The fraction of sp³-hybridized carbons (Fsp3) is 0.350. The van der Waals surface area contributed by atoms with Crippen molar-refractivity contribution in [1.29, 1.82) is 0 Å². The number of benzene rings is 2. The number of urea groups is 1. The third-order valence-electron chi connectivity index (χ3n) is 4.79. The Labute approximate surface area is 147 Å². The highest BCUT2D eigenvalue weighted by Crippen LogP contribution is 2.34. The number of hydrogen-bond donors (Lipinski definition) is 2. The zero-order chi connectivity index (χ0) is 17.5. The van der Waals surface area contributed by atoms with Crippen molar-refractivity contribution >= 4 is 6.03 Å². The van der Waals surface area contributed by atoms with Gasteiger partial charge in [0.25, 0.3) is 0 Å². The van der Waals surface area contributed by atoms with Crippen LogP contribution in [0.4, 0.5) is 9.18 Å². The van der Waals surface area contributed by atoms with Gasteiger partial charge in [0.2, 0.25) is 0 Å². The van der Waals surface area contributed by atoms with Crippen molar-refractivity contribution in [2.75, 3.05) is 19.8 Å². The Bertz CT molecular complexity index is 683. The third-order valence-corrected chi connectivity index (χ3v) is 4.79. The topological polar surface area (TPSA) is 50.4 Å². The molecule has 0 atom stereocenters. The molecule has 0 bridgehead atoms. The summed E-state index contributed by atoms with van der Waals surface area (Å²) in [6.07, 6.45) is 1.61. The Kier molecular flexibility index (Phi) is 5.66. The van der Waals surface area contributed by atoms with Crippen LogP contribution in [-0.4, -0.2) is 25.8 Å². The molecule has 2 aromatic rings. The molecule has 1 fully saturated rings. The molecule has 0 saturated carbocycles. The van der Waals surface area contributed by atoms with E-state index in [9.17, 15) is 9.18 Å². The summed E-state index contributed by atoms with van der Waals surface area (Å²) < 4.78 is 18.7. The molecular formula is C20H23FN2O2. The van der Waals surface area contributed by atoms with Crippen molar-refractivity contribution in [3.8, 4) is 0 Å². The van der Waals surface area contributed by atoms with Crippen LogP contribution in [0.25, 0.3) is 0 Å². The summed E-state index contributed by atoms with van der Waals surface area (Å²) in [5.74, 6) is -0.250. The highest BCUT2D eigenvalue weighted by Gasteiger charge is 2.34. The van der Waals surface area contributed by atoms with E-state index in [0.29, 0.717) is 26.3 Å². The number of carbonyl (C=O) groups is 1. The Morgan fingerprint density at radius 2 is 1.68 bits per heavy atom. The summed E-state index contributed by atoms with van der Waals surface area (Å²) in [5.41, 5.74) is 1.88. The number of ether oxygens (including phenoxy) is 1. The van der Waals surface area contributed by atoms with Crippen molar-refractivity contribution in [3.63, 3.8) is 0 Å². The standard InChI is InChI=1S/C20H23FN2O2/c21-18-8-6-17(7-9-18)20(10-12-25-13-11-20)15-23-19(24)22-14-16-4-2-1-3-5-16/h1-9H,10-15H2,(H2,22,23,24). The number of rotatable bonds is 5. The van der Waals surface area contributed by atoms with Crippen LogP contribution in [0.1, 0.15) is 24.0 Å². The minimum Gasteiger partial charge on any atom is -0.381 e. The van der Waals surface area contributed by atoms with E-state index in [1.165, 1.54) is 12.1 Å². The van der Waals surface area contributed by atoms with Crippen LogP contribution in [0.15, 0.2) is 54.6 Å². The second-order valence-corrected chi connectivity index (χ2v) is 6.42. The van der Waals surface area contributed by atoms with Gasteiger partial charge in [-0.15, -0.1) is 0 Å². The lowest BCUT2D eigenvalue weighted by Crippen LogP contribution is -2.47. The molecule has 25 heavy (non-hydrogen) atoms. The van der Waals surface area contributed by atoms with Gasteiger partial charge < -0.3 is 15.4 Å². The lowest BCUT2D eigenvalue weighted by molar-refractivity contribution is 0.0506. The van der Waals surface area contributed by atoms with E-state index in [0.717, 1.165) is 24.0 Å². The first-order valence-electron chi connectivity index (χ1n) is 8.57. The first kappa shape index (κ1) is 17.4. The van der Waals surface area contributed by atoms with Crippen LogP contribution in [0, 0.1) is 5.82 Å². The van der Waals surface area contributed by atoms with Crippen LogP contribution in [0.2, 0.25) is 0 Å². The number of carbonyl (C=O) groups excluding carboxylic acids is 1. The summed E-state index contributed by atoms with van der Waals surface area (Å²) in [6.45, 7) is 2.28. The lowest BCUT2D eigenvalue weighted by atomic mass is 9.74. The predicted molar refractivity (Wildman–Crippen MR) is 94.8 cm³/mol. The Morgan fingerprint density at radius 1 is 1.00 bits per heavy atom. The Balaban J connectivity index is 1.61. The molecule has 1 aliphatic heterocycles. The molecule has 2 aromatic carbocycles. The number of hydrogen-bond acceptors (Lipinski definition) is 2. The fourth-order valence-corrected chi connectivity index (χ4v) is 3.22. The molecule has 2 N–H and O–H groups in total. The second kappa shape index (κ2) is 8.12. The molecule has 1 saturated heterocycles. The highest BCUT2D eigenvalue weighted by atomic mass is 19.1. The van der Waals surface area contributed by atoms with Crippen LogP contribution in [0.3, 0.4) is 0 Å². The molecule has 0 aromatic heterocycles. The van der Waals surface area contributed by atoms with Gasteiger partial charge in [-0.3, -0.25) is 0 Å². The molecule has 0 spiro atoms. The van der Waals surface area contributed by atoms with Crippen LogP contribution in [0.5, 0.6) is 0 Å². The van der Waals surface area contributed by atoms with Gasteiger partial charge in [-0.2, -0.15) is 0 Å². The third kappa shape index (κ3) is 4.57. The SMILES string of the molecule is O=C(NCc1ccccc1)NCC1(c2ccc(F)cc2)CCOCC1. The van der Waals surface area contributed by atoms with Crippen molar-refractivity contribution in [1.82, 2.24) is 10.6 Å². The monoisotopic (exact) mass is 342 g/mol. The van der Waals surface area contributed by atoms with Gasteiger partial charge in [-0.1, -0.05) is 42.5 Å². The van der Waals surface area contributed by atoms with E-state index in [2.05, 4.69) is 10.6 Å². The van der Waals surface area contributed by atoms with Gasteiger partial charge in [0, 0.05) is 31.7 Å². The van der Waals surface area contributed by atoms with E-state index >= 15 is 0 Å². The fourth-order valence-electron chi connectivity index (χ4n) is 3.22. The van der Waals surface area contributed by atoms with E-state index in [4.69, 9.17) is 4.74 Å². The van der Waals surface area contributed by atoms with Crippen LogP contribution >= 0.6 is 0 Å². The molecule has 0 radical (unpaired) electrons. The molecular weight excluding hydrogens is 319 g/mol. The average molecular weight is 342 g/mol. The maximum atomic E-state index is 13.2. The molecule has 0 unspecified atom stereocenters. The number of halogens is 1. The average Bonchev–Trinajstić information content (AvgIpc) is 2.67. The maximum absolute atomic E-state index is 13.2. The van der Waals surface area contributed by atoms with Gasteiger partial charge in [-0.25, -0.2) is 9.18 Å². The maximum Gasteiger partial charge on any atom is 0.315 e. The molecule has 2 amide bonds. The zero-order valence-electron chi connectivity index (χ0n) is 14.1. The van der Waals surface area contributed by atoms with Crippen LogP contribution < -0.4 is 10.6 Å². The molecule has 4 nitrogen and oxygen atoms in total. The highest BCUT2D eigenvalue weighted by molar-refractivity contribution is 5.74. The number of amides is 2. The second-order valence-electron chi connectivity index (χ2n) is 6.42. The summed E-state index contributed by atoms with van der Waals surface area (Å²) in [4.78, 5) is 12.2. The van der Waals surface area contributed by atoms with E-state index in [1.54, 1.807) is 0 Å². The van der Waals surface area contributed by atoms with E-state index in [1.807, 2.05) is 42.5 Å². The Morgan fingerprint density at radius 3 is 2.36 bits per heavy atom. The van der Waals surface area contributed by atoms with E-state index in [-0.39, 0.29) is 17.3 Å². The normalized spacial score (nSPS) is 16.2. The largest absolute Gasteiger partial charge is 0.381 e. The molecule has 0 aliphatic carbocycles. The smallest absolute Gasteiger partial charge is 0.315 e. The minimum atomic E-state index is -0.250. The predicted octanol–water partition coefficient (Wildman–Crippen LogP) is 3.37. The zero-order valence-corrected chi connectivity index (χ0v) is 14.1. The molecule has 3 rings (SSSR count). The number of nitrogens with one attached hydrogen (secondary N) is 2. The first-order valence-corrected chi connectivity index (χ1v) is 8.57. The van der Waals surface area contributed by atoms with Crippen molar-refractivity contribution in [2.24, 2.45) is 0 Å². The van der Waals surface area contributed by atoms with Crippen molar-refractivity contribution < 1.29 is 13.9 Å². The summed E-state index contributed by atoms with van der Waals surface area (Å²) >= 11 is 0. The Hall–Kier alpha value is -2.40. The minimum absolute atomic E-state index is 0.197. The summed E-state index contributed by atoms with van der Waals surface area (Å²) in [7, 11) is 0. The summed E-state index contributed by atoms with van der Waals surface area (Å²) in [6, 6.07) is 16.1. The van der Waals surface area contributed by atoms with Crippen LogP contribution in [-0.2, 0) is 16.7 Å². The van der Waals surface area contributed by atoms with Gasteiger partial charge in [-0.05, 0) is 36.1 Å². The van der Waals surface area contributed by atoms with Gasteiger partial charge in [0.05, 0.1) is 0 Å². The molecule has 1 heterocycles. The van der Waals surface area contributed by atoms with Gasteiger partial charge in [0.1, 0.15) is 5.82 Å². The van der Waals surface area contributed by atoms with Gasteiger partial charge >= 0.3 is 6.03 Å². The van der Waals surface area contributed by atoms with Crippen molar-refractivity contribution in [3.05, 3.63) is 71.5 Å². The molecule has 1 aliphatic rings. The van der Waals surface area contributed by atoms with E-state index < -0.39 is 0 Å².